The van der Waals surface area contributed by atoms with E-state index in [-0.39, 0.29) is 11.9 Å². The van der Waals surface area contributed by atoms with Gasteiger partial charge in [-0.1, -0.05) is 48.5 Å². The Hall–Kier alpha value is -2.29. The van der Waals surface area contributed by atoms with Gasteiger partial charge in [-0.15, -0.1) is 0 Å². The second kappa shape index (κ2) is 9.67. The van der Waals surface area contributed by atoms with Gasteiger partial charge in [0.25, 0.3) is 0 Å². The van der Waals surface area contributed by atoms with E-state index in [0.717, 1.165) is 25.0 Å². The Morgan fingerprint density at radius 2 is 1.70 bits per heavy atom. The molecule has 1 unspecified atom stereocenters. The minimum absolute atomic E-state index is 0.0993. The van der Waals surface area contributed by atoms with Gasteiger partial charge in [-0.2, -0.15) is 0 Å². The third kappa shape index (κ3) is 7.00. The Kier molecular flexibility index (Phi) is 7.18. The van der Waals surface area contributed by atoms with Crippen LogP contribution in [0.4, 0.5) is 0 Å². The van der Waals surface area contributed by atoms with Crippen molar-refractivity contribution in [3.05, 3.63) is 66.2 Å². The van der Waals surface area contributed by atoms with Crippen LogP contribution in [0.25, 0.3) is 0 Å². The maximum atomic E-state index is 11.9. The molecule has 122 valence electrons. The van der Waals surface area contributed by atoms with Gasteiger partial charge in [-0.05, 0) is 43.9 Å². The molecule has 0 radical (unpaired) electrons. The number of aryl methyl sites for hydroxylation is 1. The summed E-state index contributed by atoms with van der Waals surface area (Å²) in [6.45, 7) is 2.62. The first-order valence-electron chi connectivity index (χ1n) is 8.25. The SMILES string of the molecule is CC(CCc1ccccc1)NC(=O)CCCOc1ccccc1. The second-order valence-corrected chi connectivity index (χ2v) is 5.76. The Balaban J connectivity index is 1.57. The number of nitrogens with one attached hydrogen (secondary N) is 1. The van der Waals surface area contributed by atoms with Gasteiger partial charge < -0.3 is 10.1 Å². The summed E-state index contributed by atoms with van der Waals surface area (Å²) in [5.74, 6) is 0.950. The van der Waals surface area contributed by atoms with Crippen molar-refractivity contribution in [2.24, 2.45) is 0 Å². The molecule has 0 heterocycles. The van der Waals surface area contributed by atoms with Crippen molar-refractivity contribution in [3.8, 4) is 5.75 Å². The highest BCUT2D eigenvalue weighted by Gasteiger charge is 2.07. The van der Waals surface area contributed by atoms with Crippen molar-refractivity contribution in [2.75, 3.05) is 6.61 Å². The maximum absolute atomic E-state index is 11.9. The lowest BCUT2D eigenvalue weighted by atomic mass is 10.1. The molecule has 2 rings (SSSR count). The molecule has 23 heavy (non-hydrogen) atoms. The summed E-state index contributed by atoms with van der Waals surface area (Å²) in [5.41, 5.74) is 1.31. The van der Waals surface area contributed by atoms with Gasteiger partial charge in [0.2, 0.25) is 5.91 Å². The first-order valence-corrected chi connectivity index (χ1v) is 8.25. The van der Waals surface area contributed by atoms with Gasteiger partial charge in [0.05, 0.1) is 6.61 Å². The number of ether oxygens (including phenoxy) is 1. The zero-order chi connectivity index (χ0) is 16.3. The predicted molar refractivity (Wildman–Crippen MR) is 93.5 cm³/mol. The van der Waals surface area contributed by atoms with Crippen molar-refractivity contribution in [1.82, 2.24) is 5.32 Å². The van der Waals surface area contributed by atoms with Gasteiger partial charge in [0.15, 0.2) is 0 Å². The van der Waals surface area contributed by atoms with Gasteiger partial charge in [0, 0.05) is 12.5 Å². The lowest BCUT2D eigenvalue weighted by molar-refractivity contribution is -0.121. The highest BCUT2D eigenvalue weighted by molar-refractivity contribution is 5.76. The molecule has 1 atom stereocenters. The van der Waals surface area contributed by atoms with Crippen LogP contribution in [-0.2, 0) is 11.2 Å². The number of para-hydroxylation sites is 1. The average Bonchev–Trinajstić information content (AvgIpc) is 2.59. The van der Waals surface area contributed by atoms with Crippen LogP contribution in [0, 0.1) is 0 Å². The van der Waals surface area contributed by atoms with E-state index < -0.39 is 0 Å². The molecule has 0 saturated heterocycles. The molecule has 2 aromatic rings. The minimum Gasteiger partial charge on any atom is -0.494 e. The largest absolute Gasteiger partial charge is 0.494 e. The Labute approximate surface area is 138 Å². The molecular formula is C20H25NO2. The summed E-state index contributed by atoms with van der Waals surface area (Å²) < 4.78 is 5.59. The number of hydrogen-bond acceptors (Lipinski definition) is 2. The number of carbonyl (C=O) groups is 1. The van der Waals surface area contributed by atoms with Crippen LogP contribution in [0.2, 0.25) is 0 Å². The van der Waals surface area contributed by atoms with Crippen LogP contribution in [-0.4, -0.2) is 18.6 Å². The quantitative estimate of drug-likeness (QED) is 0.711. The van der Waals surface area contributed by atoms with Crippen LogP contribution in [0.5, 0.6) is 5.75 Å². The second-order valence-electron chi connectivity index (χ2n) is 5.76. The summed E-state index contributed by atoms with van der Waals surface area (Å²) in [4.78, 5) is 11.9. The highest BCUT2D eigenvalue weighted by Crippen LogP contribution is 2.09. The van der Waals surface area contributed by atoms with Crippen molar-refractivity contribution < 1.29 is 9.53 Å². The molecule has 0 spiro atoms. The van der Waals surface area contributed by atoms with Gasteiger partial charge in [-0.25, -0.2) is 0 Å². The van der Waals surface area contributed by atoms with E-state index in [2.05, 4.69) is 24.4 Å². The van der Waals surface area contributed by atoms with Gasteiger partial charge in [0.1, 0.15) is 5.75 Å². The molecule has 3 nitrogen and oxygen atoms in total. The van der Waals surface area contributed by atoms with E-state index in [0.29, 0.717) is 13.0 Å². The summed E-state index contributed by atoms with van der Waals surface area (Å²) in [6.07, 6.45) is 3.17. The highest BCUT2D eigenvalue weighted by atomic mass is 16.5. The molecule has 0 aliphatic heterocycles. The summed E-state index contributed by atoms with van der Waals surface area (Å²) in [5, 5.41) is 3.05. The normalized spacial score (nSPS) is 11.7. The van der Waals surface area contributed by atoms with Gasteiger partial charge >= 0.3 is 0 Å². The fourth-order valence-corrected chi connectivity index (χ4v) is 2.39. The first kappa shape index (κ1) is 17.1. The number of rotatable bonds is 9. The van der Waals surface area contributed by atoms with E-state index in [1.807, 2.05) is 48.5 Å². The zero-order valence-corrected chi connectivity index (χ0v) is 13.7. The molecule has 0 saturated carbocycles. The average molecular weight is 311 g/mol. The van der Waals surface area contributed by atoms with E-state index in [9.17, 15) is 4.79 Å². The number of benzene rings is 2. The molecule has 0 aliphatic rings. The van der Waals surface area contributed by atoms with Crippen LogP contribution in [0.1, 0.15) is 31.7 Å². The van der Waals surface area contributed by atoms with Crippen molar-refractivity contribution >= 4 is 5.91 Å². The summed E-state index contributed by atoms with van der Waals surface area (Å²) in [7, 11) is 0. The molecule has 0 bridgehead atoms. The smallest absolute Gasteiger partial charge is 0.220 e. The molecular weight excluding hydrogens is 286 g/mol. The molecule has 1 N–H and O–H groups in total. The Bertz CT molecular complexity index is 569. The zero-order valence-electron chi connectivity index (χ0n) is 13.7. The topological polar surface area (TPSA) is 38.3 Å². The molecule has 3 heteroatoms. The van der Waals surface area contributed by atoms with E-state index in [4.69, 9.17) is 4.74 Å². The van der Waals surface area contributed by atoms with E-state index in [1.54, 1.807) is 0 Å². The molecule has 0 fully saturated rings. The molecule has 0 aliphatic carbocycles. The lowest BCUT2D eigenvalue weighted by Crippen LogP contribution is -2.32. The fraction of sp³-hybridized carbons (Fsp3) is 0.350. The number of amides is 1. The Morgan fingerprint density at radius 1 is 1.04 bits per heavy atom. The monoisotopic (exact) mass is 311 g/mol. The Morgan fingerprint density at radius 3 is 2.39 bits per heavy atom. The van der Waals surface area contributed by atoms with Crippen molar-refractivity contribution in [1.29, 1.82) is 0 Å². The minimum atomic E-state index is 0.0993. The lowest BCUT2D eigenvalue weighted by Gasteiger charge is -2.14. The van der Waals surface area contributed by atoms with Crippen molar-refractivity contribution in [3.63, 3.8) is 0 Å². The van der Waals surface area contributed by atoms with Crippen LogP contribution in [0.3, 0.4) is 0 Å². The summed E-state index contributed by atoms with van der Waals surface area (Å²) in [6, 6.07) is 20.2. The summed E-state index contributed by atoms with van der Waals surface area (Å²) >= 11 is 0. The standard InChI is InChI=1S/C20H25NO2/c1-17(14-15-18-9-4-2-5-10-18)21-20(22)13-8-16-23-19-11-6-3-7-12-19/h2-7,9-12,17H,8,13-16H2,1H3,(H,21,22). The van der Waals surface area contributed by atoms with Gasteiger partial charge in [-0.3, -0.25) is 4.79 Å². The third-order valence-electron chi connectivity index (χ3n) is 3.68. The number of hydrogen-bond donors (Lipinski definition) is 1. The van der Waals surface area contributed by atoms with Crippen molar-refractivity contribution in [2.45, 2.75) is 38.6 Å². The fourth-order valence-electron chi connectivity index (χ4n) is 2.39. The third-order valence-corrected chi connectivity index (χ3v) is 3.68. The van der Waals surface area contributed by atoms with Crippen LogP contribution >= 0.6 is 0 Å². The predicted octanol–water partition coefficient (Wildman–Crippen LogP) is 3.98. The maximum Gasteiger partial charge on any atom is 0.220 e. The molecule has 2 aromatic carbocycles. The van der Waals surface area contributed by atoms with Crippen LogP contribution in [0.15, 0.2) is 60.7 Å². The van der Waals surface area contributed by atoms with Crippen LogP contribution < -0.4 is 10.1 Å². The molecule has 0 aromatic heterocycles. The van der Waals surface area contributed by atoms with E-state index in [1.165, 1.54) is 5.56 Å². The van der Waals surface area contributed by atoms with E-state index >= 15 is 0 Å². The first-order chi connectivity index (χ1) is 11.2. The molecule has 1 amide bonds. The number of carbonyl (C=O) groups excluding carboxylic acids is 1.